The minimum atomic E-state index is 0.0579. The molecular weight excluding hydrogens is 154 g/mol. The Hall–Kier alpha value is -0.410. The van der Waals surface area contributed by atoms with Crippen LogP contribution in [-0.4, -0.2) is 51.2 Å². The molecule has 0 rings (SSSR count). The minimum Gasteiger partial charge on any atom is -0.375 e. The van der Waals surface area contributed by atoms with Crippen molar-refractivity contribution in [2.24, 2.45) is 0 Å². The number of methoxy groups -OCH3 is 1. The van der Waals surface area contributed by atoms with Crippen molar-refractivity contribution in [2.45, 2.75) is 19.4 Å². The summed E-state index contributed by atoms with van der Waals surface area (Å²) in [5, 5.41) is 0. The van der Waals surface area contributed by atoms with Crippen LogP contribution in [0.25, 0.3) is 0 Å². The van der Waals surface area contributed by atoms with Crippen LogP contribution < -0.4 is 0 Å². The highest BCUT2D eigenvalue weighted by Crippen LogP contribution is 2.03. The zero-order chi connectivity index (χ0) is 9.78. The van der Waals surface area contributed by atoms with Crippen molar-refractivity contribution in [3.05, 3.63) is 0 Å². The monoisotopic (exact) mass is 174 g/mol. The second kappa shape index (κ2) is 4.58. The maximum atomic E-state index is 10.8. The topological polar surface area (TPSA) is 26.3 Å². The first-order valence-corrected chi connectivity index (χ1v) is 4.18. The lowest BCUT2D eigenvalue weighted by Crippen LogP contribution is -2.42. The summed E-state index contributed by atoms with van der Waals surface area (Å²) < 4.78 is 6.03. The van der Waals surface area contributed by atoms with Crippen molar-refractivity contribution in [3.8, 4) is 0 Å². The van der Waals surface area contributed by atoms with Gasteiger partial charge in [-0.05, 0) is 6.92 Å². The lowest BCUT2D eigenvalue weighted by Gasteiger charge is -2.27. The normalized spacial score (nSPS) is 14.4. The standard InChI is InChI=1S/C9H20NO2/c1-8(11)6-9(12-5)7-10(2,3)4/h9H,6-7H2,1-5H3/q+1. The maximum Gasteiger partial charge on any atom is 0.132 e. The van der Waals surface area contributed by atoms with Crippen LogP contribution in [0.3, 0.4) is 0 Å². The van der Waals surface area contributed by atoms with Crippen LogP contribution in [0.15, 0.2) is 0 Å². The van der Waals surface area contributed by atoms with Crippen molar-refractivity contribution >= 4 is 5.78 Å². The molecule has 72 valence electrons. The molecule has 0 fully saturated rings. The number of Topliss-reactive ketones (excluding diaryl/α,β-unsaturated/α-hetero) is 1. The van der Waals surface area contributed by atoms with Gasteiger partial charge in [0.1, 0.15) is 18.4 Å². The summed E-state index contributed by atoms with van der Waals surface area (Å²) in [4.78, 5) is 10.8. The predicted octanol–water partition coefficient (Wildman–Crippen LogP) is 0.687. The highest BCUT2D eigenvalue weighted by Gasteiger charge is 2.18. The van der Waals surface area contributed by atoms with Gasteiger partial charge in [0.05, 0.1) is 21.1 Å². The molecule has 0 saturated heterocycles. The fraction of sp³-hybridized carbons (Fsp3) is 0.889. The van der Waals surface area contributed by atoms with Crippen LogP contribution in [0.4, 0.5) is 0 Å². The third-order valence-corrected chi connectivity index (χ3v) is 1.60. The van der Waals surface area contributed by atoms with Gasteiger partial charge in [0.15, 0.2) is 0 Å². The summed E-state index contributed by atoms with van der Waals surface area (Å²) in [6.07, 6.45) is 0.578. The summed E-state index contributed by atoms with van der Waals surface area (Å²) in [6.45, 7) is 2.47. The first kappa shape index (κ1) is 11.6. The summed E-state index contributed by atoms with van der Waals surface area (Å²) >= 11 is 0. The number of hydrogen-bond acceptors (Lipinski definition) is 2. The lowest BCUT2D eigenvalue weighted by molar-refractivity contribution is -0.873. The van der Waals surface area contributed by atoms with E-state index in [1.165, 1.54) is 0 Å². The Morgan fingerprint density at radius 3 is 2.17 bits per heavy atom. The molecule has 0 amide bonds. The minimum absolute atomic E-state index is 0.0579. The Bertz CT molecular complexity index is 149. The van der Waals surface area contributed by atoms with Gasteiger partial charge in [0, 0.05) is 13.5 Å². The number of likely N-dealkylation sites (N-methyl/N-ethyl adjacent to an activating group) is 1. The van der Waals surface area contributed by atoms with Crippen molar-refractivity contribution in [3.63, 3.8) is 0 Å². The molecule has 3 heteroatoms. The molecule has 3 nitrogen and oxygen atoms in total. The predicted molar refractivity (Wildman–Crippen MR) is 49.0 cm³/mol. The van der Waals surface area contributed by atoms with Crippen molar-refractivity contribution in [1.82, 2.24) is 0 Å². The molecule has 0 radical (unpaired) electrons. The number of quaternary nitrogens is 1. The van der Waals surface area contributed by atoms with E-state index >= 15 is 0 Å². The number of rotatable bonds is 5. The second-order valence-corrected chi connectivity index (χ2v) is 4.24. The zero-order valence-electron chi connectivity index (χ0n) is 8.76. The SMILES string of the molecule is COC(CC(C)=O)C[N+](C)(C)C. The Balaban J connectivity index is 3.92. The van der Waals surface area contributed by atoms with Crippen molar-refractivity contribution < 1.29 is 14.0 Å². The molecule has 1 unspecified atom stereocenters. The molecule has 0 aliphatic heterocycles. The average Bonchev–Trinajstić information content (AvgIpc) is 1.82. The molecule has 0 aromatic carbocycles. The van der Waals surface area contributed by atoms with E-state index in [0.29, 0.717) is 6.42 Å². The largest absolute Gasteiger partial charge is 0.375 e. The highest BCUT2D eigenvalue weighted by atomic mass is 16.5. The molecular formula is C9H20NO2+. The number of carbonyl (C=O) groups excluding carboxylic acids is 1. The highest BCUT2D eigenvalue weighted by molar-refractivity contribution is 5.75. The number of nitrogens with zero attached hydrogens (tertiary/aromatic N) is 1. The van der Waals surface area contributed by atoms with E-state index in [9.17, 15) is 4.79 Å². The first-order chi connectivity index (χ1) is 5.35. The molecule has 12 heavy (non-hydrogen) atoms. The van der Waals surface area contributed by atoms with Gasteiger partial charge in [-0.2, -0.15) is 0 Å². The smallest absolute Gasteiger partial charge is 0.132 e. The van der Waals surface area contributed by atoms with Gasteiger partial charge in [0.25, 0.3) is 0 Å². The Morgan fingerprint density at radius 2 is 1.92 bits per heavy atom. The van der Waals surface area contributed by atoms with Gasteiger partial charge in [-0.15, -0.1) is 0 Å². The van der Waals surface area contributed by atoms with Gasteiger partial charge in [0.2, 0.25) is 0 Å². The van der Waals surface area contributed by atoms with Gasteiger partial charge in [-0.1, -0.05) is 0 Å². The Labute approximate surface area is 74.9 Å². The number of ketones is 1. The van der Waals surface area contributed by atoms with Crippen LogP contribution in [0.5, 0.6) is 0 Å². The van der Waals surface area contributed by atoms with E-state index in [-0.39, 0.29) is 11.9 Å². The summed E-state index contributed by atoms with van der Waals surface area (Å²) in [7, 11) is 7.92. The van der Waals surface area contributed by atoms with Crippen LogP contribution in [0.1, 0.15) is 13.3 Å². The van der Waals surface area contributed by atoms with Gasteiger partial charge < -0.3 is 9.22 Å². The quantitative estimate of drug-likeness (QED) is 0.573. The first-order valence-electron chi connectivity index (χ1n) is 4.18. The fourth-order valence-electron chi connectivity index (χ4n) is 1.15. The molecule has 0 saturated carbocycles. The van der Waals surface area contributed by atoms with Crippen LogP contribution in [-0.2, 0) is 9.53 Å². The Kier molecular flexibility index (Phi) is 4.42. The third kappa shape index (κ3) is 6.31. The average molecular weight is 174 g/mol. The summed E-state index contributed by atoms with van der Waals surface area (Å²) in [5.41, 5.74) is 0. The van der Waals surface area contributed by atoms with Gasteiger partial charge >= 0.3 is 0 Å². The number of ether oxygens (including phenoxy) is 1. The fourth-order valence-corrected chi connectivity index (χ4v) is 1.15. The molecule has 0 spiro atoms. The van der Waals surface area contributed by atoms with E-state index in [2.05, 4.69) is 21.1 Å². The second-order valence-electron chi connectivity index (χ2n) is 4.24. The molecule has 0 N–H and O–H groups in total. The molecule has 0 bridgehead atoms. The van der Waals surface area contributed by atoms with E-state index in [0.717, 1.165) is 11.0 Å². The van der Waals surface area contributed by atoms with E-state index in [4.69, 9.17) is 4.74 Å². The van der Waals surface area contributed by atoms with Crippen LogP contribution in [0, 0.1) is 0 Å². The zero-order valence-corrected chi connectivity index (χ0v) is 8.76. The van der Waals surface area contributed by atoms with Gasteiger partial charge in [-0.25, -0.2) is 0 Å². The van der Waals surface area contributed by atoms with E-state index in [1.807, 2.05) is 0 Å². The lowest BCUT2D eigenvalue weighted by atomic mass is 10.2. The summed E-state index contributed by atoms with van der Waals surface area (Å²) in [6, 6.07) is 0. The molecule has 0 aliphatic carbocycles. The molecule has 0 aromatic heterocycles. The van der Waals surface area contributed by atoms with E-state index < -0.39 is 0 Å². The third-order valence-electron chi connectivity index (χ3n) is 1.60. The molecule has 0 aromatic rings. The molecule has 0 heterocycles. The van der Waals surface area contributed by atoms with Gasteiger partial charge in [-0.3, -0.25) is 4.79 Å². The van der Waals surface area contributed by atoms with Crippen molar-refractivity contribution in [2.75, 3.05) is 34.8 Å². The van der Waals surface area contributed by atoms with Crippen molar-refractivity contribution in [1.29, 1.82) is 0 Å². The molecule has 0 aliphatic rings. The Morgan fingerprint density at radius 1 is 1.42 bits per heavy atom. The number of hydrogen-bond donors (Lipinski definition) is 0. The van der Waals surface area contributed by atoms with Crippen LogP contribution >= 0.6 is 0 Å². The van der Waals surface area contributed by atoms with Crippen LogP contribution in [0.2, 0.25) is 0 Å². The number of carbonyl (C=O) groups is 1. The summed E-state index contributed by atoms with van der Waals surface area (Å²) in [5.74, 6) is 0.190. The molecule has 1 atom stereocenters. The maximum absolute atomic E-state index is 10.8. The van der Waals surface area contributed by atoms with E-state index in [1.54, 1.807) is 14.0 Å².